The number of rotatable bonds is 6. The maximum absolute atomic E-state index is 8.44. The molecule has 0 aromatic rings. The molecule has 0 radical (unpaired) electrons. The van der Waals surface area contributed by atoms with Crippen molar-refractivity contribution in [1.29, 1.82) is 0 Å². The number of aliphatic hydroxyl groups is 1. The van der Waals surface area contributed by atoms with Gasteiger partial charge in [-0.15, -0.1) is 12.4 Å². The first-order chi connectivity index (χ1) is 6.43. The van der Waals surface area contributed by atoms with Crippen LogP contribution in [0.5, 0.6) is 0 Å². The average Bonchev–Trinajstić information content (AvgIpc) is 2.19. The Bertz CT molecular complexity index is 121. The van der Waals surface area contributed by atoms with Crippen molar-refractivity contribution in [2.45, 2.75) is 18.9 Å². The van der Waals surface area contributed by atoms with Gasteiger partial charge in [-0.05, 0) is 25.9 Å². The second-order valence-electron chi connectivity index (χ2n) is 3.16. The largest absolute Gasteiger partial charge is 0.394 e. The zero-order valence-corrected chi connectivity index (χ0v) is 9.22. The highest BCUT2D eigenvalue weighted by molar-refractivity contribution is 5.85. The molecule has 1 heterocycles. The SMILES string of the molecule is Cl.OCCOCCOC1CCNCC1. The van der Waals surface area contributed by atoms with Crippen LogP contribution in [0.1, 0.15) is 12.8 Å². The summed E-state index contributed by atoms with van der Waals surface area (Å²) in [6.45, 7) is 3.85. The predicted molar refractivity (Wildman–Crippen MR) is 57.0 cm³/mol. The van der Waals surface area contributed by atoms with Gasteiger partial charge in [0.25, 0.3) is 0 Å². The fraction of sp³-hybridized carbons (Fsp3) is 1.00. The summed E-state index contributed by atoms with van der Waals surface area (Å²) in [6, 6.07) is 0. The van der Waals surface area contributed by atoms with E-state index in [1.807, 2.05) is 0 Å². The van der Waals surface area contributed by atoms with E-state index in [4.69, 9.17) is 14.6 Å². The Labute approximate surface area is 91.4 Å². The Kier molecular flexibility index (Phi) is 9.77. The topological polar surface area (TPSA) is 50.7 Å². The maximum atomic E-state index is 8.44. The van der Waals surface area contributed by atoms with Crippen LogP contribution in [0.4, 0.5) is 0 Å². The van der Waals surface area contributed by atoms with E-state index in [0.29, 0.717) is 25.9 Å². The van der Waals surface area contributed by atoms with Gasteiger partial charge in [-0.25, -0.2) is 0 Å². The van der Waals surface area contributed by atoms with E-state index in [9.17, 15) is 0 Å². The molecule has 0 aromatic heterocycles. The minimum atomic E-state index is 0. The summed E-state index contributed by atoms with van der Waals surface area (Å²) in [5, 5.41) is 11.7. The molecule has 4 nitrogen and oxygen atoms in total. The zero-order chi connectivity index (χ0) is 9.36. The summed E-state index contributed by atoms with van der Waals surface area (Å²) in [4.78, 5) is 0. The number of piperidine rings is 1. The lowest BCUT2D eigenvalue weighted by atomic mass is 10.1. The smallest absolute Gasteiger partial charge is 0.0704 e. The lowest BCUT2D eigenvalue weighted by molar-refractivity contribution is -0.0128. The lowest BCUT2D eigenvalue weighted by Crippen LogP contribution is -2.33. The molecule has 0 atom stereocenters. The van der Waals surface area contributed by atoms with E-state index in [1.165, 1.54) is 0 Å². The zero-order valence-electron chi connectivity index (χ0n) is 8.41. The molecular weight excluding hydrogens is 206 g/mol. The summed E-state index contributed by atoms with van der Waals surface area (Å²) < 4.78 is 10.7. The van der Waals surface area contributed by atoms with Crippen LogP contribution in [0.3, 0.4) is 0 Å². The van der Waals surface area contributed by atoms with Crippen LogP contribution >= 0.6 is 12.4 Å². The fourth-order valence-corrected chi connectivity index (χ4v) is 1.40. The Morgan fingerprint density at radius 3 is 2.50 bits per heavy atom. The first kappa shape index (κ1) is 14.1. The van der Waals surface area contributed by atoms with Crippen LogP contribution in [0.15, 0.2) is 0 Å². The highest BCUT2D eigenvalue weighted by Crippen LogP contribution is 2.06. The van der Waals surface area contributed by atoms with Crippen LogP contribution in [-0.4, -0.2) is 50.7 Å². The van der Waals surface area contributed by atoms with Gasteiger partial charge in [-0.3, -0.25) is 0 Å². The van der Waals surface area contributed by atoms with Gasteiger partial charge < -0.3 is 19.9 Å². The van der Waals surface area contributed by atoms with Gasteiger partial charge in [-0.1, -0.05) is 0 Å². The van der Waals surface area contributed by atoms with Crippen LogP contribution < -0.4 is 5.32 Å². The van der Waals surface area contributed by atoms with Crippen LogP contribution in [0, 0.1) is 0 Å². The highest BCUT2D eigenvalue weighted by atomic mass is 35.5. The first-order valence-corrected chi connectivity index (χ1v) is 4.94. The lowest BCUT2D eigenvalue weighted by Gasteiger charge is -2.22. The number of halogens is 1. The van der Waals surface area contributed by atoms with Crippen molar-refractivity contribution in [3.05, 3.63) is 0 Å². The van der Waals surface area contributed by atoms with Crippen molar-refractivity contribution in [3.8, 4) is 0 Å². The van der Waals surface area contributed by atoms with E-state index >= 15 is 0 Å². The molecule has 0 aliphatic carbocycles. The predicted octanol–water partition coefficient (Wildman–Crippen LogP) is 0.186. The minimum absolute atomic E-state index is 0. The third-order valence-corrected chi connectivity index (χ3v) is 2.10. The monoisotopic (exact) mass is 225 g/mol. The van der Waals surface area contributed by atoms with E-state index in [1.54, 1.807) is 0 Å². The molecule has 1 saturated heterocycles. The molecule has 0 spiro atoms. The molecular formula is C9H20ClNO3. The molecule has 0 saturated carbocycles. The van der Waals surface area contributed by atoms with E-state index in [-0.39, 0.29) is 19.0 Å². The van der Waals surface area contributed by atoms with Gasteiger partial charge in [0, 0.05) is 0 Å². The number of ether oxygens (including phenoxy) is 2. The summed E-state index contributed by atoms with van der Waals surface area (Å²) in [7, 11) is 0. The highest BCUT2D eigenvalue weighted by Gasteiger charge is 2.12. The minimum Gasteiger partial charge on any atom is -0.394 e. The van der Waals surface area contributed by atoms with Crippen molar-refractivity contribution in [2.24, 2.45) is 0 Å². The Balaban J connectivity index is 0.00000169. The molecule has 5 heteroatoms. The summed E-state index contributed by atoms with van der Waals surface area (Å²) in [5.41, 5.74) is 0. The van der Waals surface area contributed by atoms with Crippen LogP contribution in [-0.2, 0) is 9.47 Å². The molecule has 1 fully saturated rings. The first-order valence-electron chi connectivity index (χ1n) is 4.94. The van der Waals surface area contributed by atoms with E-state index in [0.717, 1.165) is 25.9 Å². The maximum Gasteiger partial charge on any atom is 0.0704 e. The van der Waals surface area contributed by atoms with Crippen molar-refractivity contribution in [1.82, 2.24) is 5.32 Å². The van der Waals surface area contributed by atoms with Gasteiger partial charge in [0.05, 0.1) is 32.5 Å². The number of hydrogen-bond acceptors (Lipinski definition) is 4. The molecule has 2 N–H and O–H groups in total. The summed E-state index contributed by atoms with van der Waals surface area (Å²) in [6.07, 6.45) is 2.60. The Morgan fingerprint density at radius 1 is 1.14 bits per heavy atom. The number of hydrogen-bond donors (Lipinski definition) is 2. The molecule has 14 heavy (non-hydrogen) atoms. The summed E-state index contributed by atoms with van der Waals surface area (Å²) >= 11 is 0. The average molecular weight is 226 g/mol. The fourth-order valence-electron chi connectivity index (χ4n) is 1.40. The third kappa shape index (κ3) is 6.56. The summed E-state index contributed by atoms with van der Waals surface area (Å²) in [5.74, 6) is 0. The normalized spacial score (nSPS) is 17.8. The van der Waals surface area contributed by atoms with E-state index < -0.39 is 0 Å². The van der Waals surface area contributed by atoms with Crippen molar-refractivity contribution >= 4 is 12.4 Å². The molecule has 0 aromatic carbocycles. The second-order valence-corrected chi connectivity index (χ2v) is 3.16. The third-order valence-electron chi connectivity index (χ3n) is 2.10. The van der Waals surface area contributed by atoms with Gasteiger partial charge in [0.2, 0.25) is 0 Å². The Morgan fingerprint density at radius 2 is 1.86 bits per heavy atom. The molecule has 0 bridgehead atoms. The van der Waals surface area contributed by atoms with Gasteiger partial charge >= 0.3 is 0 Å². The molecule has 1 aliphatic heterocycles. The molecule has 0 unspecified atom stereocenters. The van der Waals surface area contributed by atoms with Crippen LogP contribution in [0.2, 0.25) is 0 Å². The quantitative estimate of drug-likeness (QED) is 0.634. The Hall–Kier alpha value is 0.130. The van der Waals surface area contributed by atoms with Gasteiger partial charge in [-0.2, -0.15) is 0 Å². The van der Waals surface area contributed by atoms with Crippen molar-refractivity contribution in [3.63, 3.8) is 0 Å². The molecule has 0 amide bonds. The van der Waals surface area contributed by atoms with Crippen molar-refractivity contribution < 1.29 is 14.6 Å². The molecule has 86 valence electrons. The second kappa shape index (κ2) is 9.68. The molecule has 1 aliphatic rings. The standard InChI is InChI=1S/C9H19NO3.ClH/c11-5-6-12-7-8-13-9-1-3-10-4-2-9;/h9-11H,1-8H2;1H. The number of nitrogens with one attached hydrogen (secondary N) is 1. The molecule has 1 rings (SSSR count). The van der Waals surface area contributed by atoms with Crippen molar-refractivity contribution in [2.75, 3.05) is 39.5 Å². The number of aliphatic hydroxyl groups excluding tert-OH is 1. The van der Waals surface area contributed by atoms with E-state index in [2.05, 4.69) is 5.32 Å². The van der Waals surface area contributed by atoms with Gasteiger partial charge in [0.15, 0.2) is 0 Å². The van der Waals surface area contributed by atoms with Gasteiger partial charge in [0.1, 0.15) is 0 Å². The van der Waals surface area contributed by atoms with Crippen LogP contribution in [0.25, 0.3) is 0 Å².